The summed E-state index contributed by atoms with van der Waals surface area (Å²) in [5, 5.41) is 8.23. The molecule has 0 bridgehead atoms. The number of thiophene rings is 1. The van der Waals surface area contributed by atoms with E-state index < -0.39 is 5.91 Å². The van der Waals surface area contributed by atoms with Gasteiger partial charge in [0.2, 0.25) is 11.7 Å². The zero-order valence-electron chi connectivity index (χ0n) is 15.6. The third-order valence-corrected chi connectivity index (χ3v) is 5.19. The smallest absolute Gasteiger partial charge is 0.293 e. The Labute approximate surface area is 171 Å². The van der Waals surface area contributed by atoms with Crippen molar-refractivity contribution in [3.63, 3.8) is 0 Å². The fraction of sp³-hybridized carbons (Fsp3) is 0.0909. The van der Waals surface area contributed by atoms with E-state index in [2.05, 4.69) is 10.6 Å². The van der Waals surface area contributed by atoms with Crippen LogP contribution < -0.4 is 15.4 Å². The number of hydrogen-bond donors (Lipinski definition) is 2. The molecule has 2 amide bonds. The van der Waals surface area contributed by atoms with Crippen molar-refractivity contribution in [1.82, 2.24) is 0 Å². The Hall–Kier alpha value is -3.58. The van der Waals surface area contributed by atoms with E-state index in [-0.39, 0.29) is 18.1 Å². The first kappa shape index (κ1) is 18.8. The van der Waals surface area contributed by atoms with Gasteiger partial charge in [0, 0.05) is 22.0 Å². The molecule has 6 nitrogen and oxygen atoms in total. The highest BCUT2D eigenvalue weighted by molar-refractivity contribution is 7.10. The van der Waals surface area contributed by atoms with Crippen LogP contribution in [0.3, 0.4) is 0 Å². The van der Waals surface area contributed by atoms with Gasteiger partial charge >= 0.3 is 0 Å². The van der Waals surface area contributed by atoms with Crippen molar-refractivity contribution in [1.29, 1.82) is 0 Å². The molecule has 2 aromatic carbocycles. The van der Waals surface area contributed by atoms with E-state index in [0.29, 0.717) is 28.1 Å². The number of para-hydroxylation sites is 1. The van der Waals surface area contributed by atoms with Gasteiger partial charge in [-0.1, -0.05) is 24.3 Å². The summed E-state index contributed by atoms with van der Waals surface area (Å²) >= 11 is 1.51. The number of benzene rings is 2. The first-order valence-electron chi connectivity index (χ1n) is 8.93. The number of carbonyl (C=O) groups is 2. The van der Waals surface area contributed by atoms with E-state index in [0.717, 1.165) is 4.88 Å². The lowest BCUT2D eigenvalue weighted by Crippen LogP contribution is -2.18. The highest BCUT2D eigenvalue weighted by Crippen LogP contribution is 2.32. The fourth-order valence-electron chi connectivity index (χ4n) is 2.97. The molecule has 0 radical (unpaired) electrons. The summed E-state index contributed by atoms with van der Waals surface area (Å²) < 4.78 is 11.0. The molecule has 0 aliphatic carbocycles. The average Bonchev–Trinajstić information content (AvgIpc) is 3.36. The van der Waals surface area contributed by atoms with Gasteiger partial charge in [-0.2, -0.15) is 0 Å². The number of ether oxygens (including phenoxy) is 1. The van der Waals surface area contributed by atoms with E-state index >= 15 is 0 Å². The van der Waals surface area contributed by atoms with E-state index in [1.807, 2.05) is 35.7 Å². The van der Waals surface area contributed by atoms with Gasteiger partial charge in [-0.3, -0.25) is 9.59 Å². The Kier molecular flexibility index (Phi) is 5.31. The van der Waals surface area contributed by atoms with Crippen LogP contribution in [-0.4, -0.2) is 18.9 Å². The predicted octanol–water partition coefficient (Wildman–Crippen LogP) is 4.94. The summed E-state index contributed by atoms with van der Waals surface area (Å²) in [6.07, 6.45) is 0.230. The lowest BCUT2D eigenvalue weighted by Gasteiger charge is -2.08. The Morgan fingerprint density at radius 2 is 1.90 bits per heavy atom. The third-order valence-electron chi connectivity index (χ3n) is 4.31. The molecular formula is C22H18N2O4S. The van der Waals surface area contributed by atoms with Crippen LogP contribution >= 0.6 is 11.3 Å². The van der Waals surface area contributed by atoms with Crippen LogP contribution in [0.15, 0.2) is 70.5 Å². The third kappa shape index (κ3) is 4.14. The summed E-state index contributed by atoms with van der Waals surface area (Å²) in [7, 11) is 1.56. The number of carbonyl (C=O) groups excluding carboxylic acids is 2. The average molecular weight is 406 g/mol. The molecule has 4 aromatic rings. The van der Waals surface area contributed by atoms with Gasteiger partial charge in [-0.05, 0) is 35.7 Å². The Bertz CT molecular complexity index is 1160. The molecule has 0 aliphatic heterocycles. The molecule has 146 valence electrons. The molecule has 2 aromatic heterocycles. The van der Waals surface area contributed by atoms with E-state index in [9.17, 15) is 9.59 Å². The Morgan fingerprint density at radius 1 is 1.03 bits per heavy atom. The molecule has 0 atom stereocenters. The van der Waals surface area contributed by atoms with Crippen LogP contribution in [0, 0.1) is 0 Å². The number of furan rings is 1. The SMILES string of the molecule is COc1cccc(NC(=O)c2oc3ccccc3c2NC(=O)Cc2cccs2)c1. The van der Waals surface area contributed by atoms with Gasteiger partial charge in [-0.15, -0.1) is 11.3 Å². The van der Waals surface area contributed by atoms with Gasteiger partial charge in [0.15, 0.2) is 0 Å². The quantitative estimate of drug-likeness (QED) is 0.475. The molecule has 29 heavy (non-hydrogen) atoms. The number of hydrogen-bond acceptors (Lipinski definition) is 5. The van der Waals surface area contributed by atoms with Crippen LogP contribution in [0.25, 0.3) is 11.0 Å². The summed E-state index contributed by atoms with van der Waals surface area (Å²) in [5.41, 5.74) is 1.45. The number of fused-ring (bicyclic) bond motifs is 1. The van der Waals surface area contributed by atoms with Crippen molar-refractivity contribution in [2.75, 3.05) is 17.7 Å². The van der Waals surface area contributed by atoms with Crippen molar-refractivity contribution in [2.45, 2.75) is 6.42 Å². The molecule has 2 heterocycles. The van der Waals surface area contributed by atoms with E-state index in [1.165, 1.54) is 11.3 Å². The van der Waals surface area contributed by atoms with Crippen molar-refractivity contribution in [3.8, 4) is 5.75 Å². The van der Waals surface area contributed by atoms with E-state index in [4.69, 9.17) is 9.15 Å². The second-order valence-corrected chi connectivity index (χ2v) is 7.32. The van der Waals surface area contributed by atoms with Crippen LogP contribution in [0.1, 0.15) is 15.4 Å². The number of methoxy groups -OCH3 is 1. The molecule has 4 rings (SSSR count). The highest BCUT2D eigenvalue weighted by Gasteiger charge is 2.22. The zero-order valence-corrected chi connectivity index (χ0v) is 16.4. The van der Waals surface area contributed by atoms with Gasteiger partial charge in [-0.25, -0.2) is 0 Å². The highest BCUT2D eigenvalue weighted by atomic mass is 32.1. The summed E-state index contributed by atoms with van der Waals surface area (Å²) in [6.45, 7) is 0. The van der Waals surface area contributed by atoms with Gasteiger partial charge < -0.3 is 19.8 Å². The van der Waals surface area contributed by atoms with Crippen LogP contribution in [0.4, 0.5) is 11.4 Å². The number of amides is 2. The maximum Gasteiger partial charge on any atom is 0.293 e. The van der Waals surface area contributed by atoms with Crippen molar-refractivity contribution >= 4 is 45.5 Å². The normalized spacial score (nSPS) is 10.7. The van der Waals surface area contributed by atoms with Gasteiger partial charge in [0.1, 0.15) is 17.0 Å². The number of rotatable bonds is 6. The van der Waals surface area contributed by atoms with E-state index in [1.54, 1.807) is 37.4 Å². The van der Waals surface area contributed by atoms with Gasteiger partial charge in [0.25, 0.3) is 5.91 Å². The number of anilines is 2. The lowest BCUT2D eigenvalue weighted by atomic mass is 10.2. The maximum atomic E-state index is 12.9. The second-order valence-electron chi connectivity index (χ2n) is 6.29. The summed E-state index contributed by atoms with van der Waals surface area (Å²) in [5.74, 6) is 0.000685. The lowest BCUT2D eigenvalue weighted by molar-refractivity contribution is -0.115. The van der Waals surface area contributed by atoms with Crippen molar-refractivity contribution < 1.29 is 18.7 Å². The summed E-state index contributed by atoms with van der Waals surface area (Å²) in [4.78, 5) is 26.4. The Morgan fingerprint density at radius 3 is 2.69 bits per heavy atom. The minimum Gasteiger partial charge on any atom is -0.497 e. The largest absolute Gasteiger partial charge is 0.497 e. The van der Waals surface area contributed by atoms with Crippen LogP contribution in [0.2, 0.25) is 0 Å². The molecule has 0 saturated carbocycles. The molecule has 0 fully saturated rings. The van der Waals surface area contributed by atoms with Crippen molar-refractivity contribution in [3.05, 3.63) is 76.7 Å². The second kappa shape index (κ2) is 8.20. The molecule has 7 heteroatoms. The first-order valence-corrected chi connectivity index (χ1v) is 9.81. The minimum absolute atomic E-state index is 0.0496. The zero-order chi connectivity index (χ0) is 20.2. The van der Waals surface area contributed by atoms with Crippen LogP contribution in [-0.2, 0) is 11.2 Å². The van der Waals surface area contributed by atoms with Crippen LogP contribution in [0.5, 0.6) is 5.75 Å². The molecule has 0 saturated heterocycles. The molecule has 2 N–H and O–H groups in total. The monoisotopic (exact) mass is 406 g/mol. The molecular weight excluding hydrogens is 388 g/mol. The molecule has 0 aliphatic rings. The standard InChI is InChI=1S/C22H18N2O4S/c1-27-15-7-4-6-14(12-15)23-22(26)21-20(17-9-2-3-10-18(17)28-21)24-19(25)13-16-8-5-11-29-16/h2-12H,13H2,1H3,(H,23,26)(H,24,25). The number of nitrogens with one attached hydrogen (secondary N) is 2. The predicted molar refractivity (Wildman–Crippen MR) is 114 cm³/mol. The van der Waals surface area contributed by atoms with Crippen molar-refractivity contribution in [2.24, 2.45) is 0 Å². The molecule has 0 unspecified atom stereocenters. The minimum atomic E-state index is -0.458. The van der Waals surface area contributed by atoms with Gasteiger partial charge in [0.05, 0.1) is 13.5 Å². The maximum absolute atomic E-state index is 12.9. The Balaban J connectivity index is 1.63. The summed E-state index contributed by atoms with van der Waals surface area (Å²) in [6, 6.07) is 18.0. The molecule has 0 spiro atoms. The topological polar surface area (TPSA) is 80.6 Å². The first-order chi connectivity index (χ1) is 14.1. The fourth-order valence-corrected chi connectivity index (χ4v) is 3.68.